The van der Waals surface area contributed by atoms with Crippen molar-refractivity contribution in [2.24, 2.45) is 4.40 Å². The summed E-state index contributed by atoms with van der Waals surface area (Å²) in [6.07, 6.45) is 1.39. The van der Waals surface area contributed by atoms with Crippen molar-refractivity contribution in [2.45, 2.75) is 44.6 Å². The Balaban J connectivity index is 2.52. The van der Waals surface area contributed by atoms with Gasteiger partial charge in [0.2, 0.25) is 5.82 Å². The van der Waals surface area contributed by atoms with E-state index in [1.54, 1.807) is 26.8 Å². The van der Waals surface area contributed by atoms with E-state index in [1.807, 2.05) is 0 Å². The average molecular weight is 554 g/mol. The van der Waals surface area contributed by atoms with Gasteiger partial charge in [0.1, 0.15) is 27.0 Å². The summed E-state index contributed by atoms with van der Waals surface area (Å²) in [7, 11) is 0. The Hall–Kier alpha value is -2.02. The van der Waals surface area contributed by atoms with E-state index in [1.165, 1.54) is 30.5 Å². The van der Waals surface area contributed by atoms with Crippen molar-refractivity contribution >= 4 is 56.6 Å². The first-order valence-corrected chi connectivity index (χ1v) is 11.4. The summed E-state index contributed by atoms with van der Waals surface area (Å²) >= 11 is 7.66. The molecule has 1 aromatic carbocycles. The van der Waals surface area contributed by atoms with Gasteiger partial charge in [0.25, 0.3) is 0 Å². The molecule has 32 heavy (non-hydrogen) atoms. The van der Waals surface area contributed by atoms with Crippen molar-refractivity contribution < 1.29 is 23.0 Å². The van der Waals surface area contributed by atoms with E-state index in [2.05, 4.69) is 35.4 Å². The molecule has 0 fully saturated rings. The first-order chi connectivity index (χ1) is 14.9. The van der Waals surface area contributed by atoms with Crippen LogP contribution in [0.1, 0.15) is 38.8 Å². The van der Waals surface area contributed by atoms with Gasteiger partial charge in [-0.15, -0.1) is 0 Å². The first-order valence-electron chi connectivity index (χ1n) is 9.15. The Kier molecular flexibility index (Phi) is 9.19. The molecular formula is C19H20BrClF2N4O4S. The fraction of sp³-hybridized carbons (Fsp3) is 0.368. The summed E-state index contributed by atoms with van der Waals surface area (Å²) in [5, 5.41) is 14.3. The quantitative estimate of drug-likeness (QED) is 0.132. The number of ether oxygens (including phenoxy) is 1. The van der Waals surface area contributed by atoms with Crippen molar-refractivity contribution in [3.63, 3.8) is 0 Å². The van der Waals surface area contributed by atoms with Crippen LogP contribution in [0, 0.1) is 10.1 Å². The van der Waals surface area contributed by atoms with Crippen LogP contribution in [-0.4, -0.2) is 32.0 Å². The van der Waals surface area contributed by atoms with Crippen LogP contribution in [0.5, 0.6) is 5.75 Å². The lowest BCUT2D eigenvalue weighted by Crippen LogP contribution is -2.26. The number of nitrogens with zero attached hydrogens (tertiary/aromatic N) is 3. The molecule has 1 heterocycles. The highest BCUT2D eigenvalue weighted by atomic mass is 79.9. The van der Waals surface area contributed by atoms with Crippen LogP contribution in [0.2, 0.25) is 5.15 Å². The zero-order valence-corrected chi connectivity index (χ0v) is 20.4. The number of anilines is 1. The van der Waals surface area contributed by atoms with Crippen molar-refractivity contribution in [2.75, 3.05) is 5.32 Å². The zero-order valence-electron chi connectivity index (χ0n) is 17.2. The maximum Gasteiger partial charge on any atom is 0.387 e. The third-order valence-corrected chi connectivity index (χ3v) is 6.25. The molecule has 0 bridgehead atoms. The Bertz CT molecular complexity index is 994. The molecule has 2 atom stereocenters. The molecule has 0 radical (unpaired) electrons. The number of alkyl halides is 2. The third kappa shape index (κ3) is 7.26. The Morgan fingerprint density at radius 3 is 2.66 bits per heavy atom. The highest BCUT2D eigenvalue weighted by Gasteiger charge is 2.28. The molecule has 0 spiro atoms. The van der Waals surface area contributed by atoms with Crippen molar-refractivity contribution in [3.05, 3.63) is 55.6 Å². The first kappa shape index (κ1) is 26.2. The summed E-state index contributed by atoms with van der Waals surface area (Å²) in [5.41, 5.74) is -0.116. The fourth-order valence-corrected chi connectivity index (χ4v) is 3.83. The average Bonchev–Trinajstić information content (AvgIpc) is 2.66. The molecule has 0 saturated heterocycles. The van der Waals surface area contributed by atoms with Gasteiger partial charge in [-0.1, -0.05) is 38.0 Å². The monoisotopic (exact) mass is 552 g/mol. The smallest absolute Gasteiger partial charge is 0.387 e. The highest BCUT2D eigenvalue weighted by Crippen LogP contribution is 2.38. The van der Waals surface area contributed by atoms with Gasteiger partial charge in [0, 0.05) is 22.5 Å². The topological polar surface area (TPSA) is 113 Å². The second kappa shape index (κ2) is 11.2. The van der Waals surface area contributed by atoms with Crippen molar-refractivity contribution in [1.82, 2.24) is 4.98 Å². The summed E-state index contributed by atoms with van der Waals surface area (Å²) in [6.45, 7) is 2.15. The molecule has 174 valence electrons. The minimum Gasteiger partial charge on any atom is -0.591 e. The van der Waals surface area contributed by atoms with Crippen LogP contribution in [0.3, 0.4) is 0 Å². The van der Waals surface area contributed by atoms with Crippen LogP contribution in [0.15, 0.2) is 39.2 Å². The van der Waals surface area contributed by atoms with Gasteiger partial charge in [0.15, 0.2) is 0 Å². The van der Waals surface area contributed by atoms with E-state index in [0.29, 0.717) is 4.47 Å². The van der Waals surface area contributed by atoms with Gasteiger partial charge < -0.3 is 14.6 Å². The molecule has 0 aliphatic heterocycles. The Morgan fingerprint density at radius 1 is 1.38 bits per heavy atom. The van der Waals surface area contributed by atoms with Crippen LogP contribution < -0.4 is 10.1 Å². The van der Waals surface area contributed by atoms with E-state index in [0.717, 1.165) is 0 Å². The molecule has 0 aliphatic carbocycles. The lowest BCUT2D eigenvalue weighted by molar-refractivity contribution is -0.384. The van der Waals surface area contributed by atoms with Crippen molar-refractivity contribution in [3.8, 4) is 5.75 Å². The second-order valence-corrected chi connectivity index (χ2v) is 10.5. The van der Waals surface area contributed by atoms with Crippen LogP contribution in [0.4, 0.5) is 20.3 Å². The predicted octanol–water partition coefficient (Wildman–Crippen LogP) is 6.08. The molecule has 2 rings (SSSR count). The second-order valence-electron chi connectivity index (χ2n) is 7.37. The number of nitrogens with one attached hydrogen (secondary N) is 1. The maximum absolute atomic E-state index is 13.0. The summed E-state index contributed by atoms with van der Waals surface area (Å²) < 4.78 is 46.7. The number of hydrogen-bond acceptors (Lipinski definition) is 7. The predicted molar refractivity (Wildman–Crippen MR) is 124 cm³/mol. The van der Waals surface area contributed by atoms with Gasteiger partial charge in [-0.25, -0.2) is 4.98 Å². The summed E-state index contributed by atoms with van der Waals surface area (Å²) in [6, 6.07) is 6.01. The molecule has 1 unspecified atom stereocenters. The number of halogens is 4. The van der Waals surface area contributed by atoms with Crippen molar-refractivity contribution in [1.29, 1.82) is 0 Å². The van der Waals surface area contributed by atoms with E-state index >= 15 is 0 Å². The third-order valence-electron chi connectivity index (χ3n) is 3.96. The number of aromatic nitrogens is 1. The lowest BCUT2D eigenvalue weighted by atomic mass is 10.0. The minimum atomic E-state index is -3.09. The van der Waals surface area contributed by atoms with Gasteiger partial charge in [-0.2, -0.15) is 8.78 Å². The van der Waals surface area contributed by atoms with Crippen LogP contribution >= 0.6 is 27.5 Å². The molecule has 8 nitrogen and oxygen atoms in total. The standard InChI is InChI=1S/C19H20BrClF2N4O4S/c1-19(2,3)32(30)24-10-9-12(16-11(20)5-4-6-14(16)31-18(22)23)25-17-13(27(28)29)7-8-15(21)26-17/h4-8,10,12,18H,9H2,1-3H3,(H,25,26)/t12?,32-/m1/s1. The van der Waals surface area contributed by atoms with Gasteiger partial charge in [0.05, 0.1) is 17.2 Å². The van der Waals surface area contributed by atoms with E-state index in [-0.39, 0.29) is 34.4 Å². The largest absolute Gasteiger partial charge is 0.591 e. The fourth-order valence-electron chi connectivity index (χ4n) is 2.52. The van der Waals surface area contributed by atoms with Crippen LogP contribution in [0.25, 0.3) is 0 Å². The SMILES string of the molecule is CC(C)(C)[S@@+]([O-])N=CCC(Nc1nc(Cl)ccc1[N+](=O)[O-])c1c(Br)cccc1OC(F)F. The normalized spacial score (nSPS) is 13.9. The lowest BCUT2D eigenvalue weighted by Gasteiger charge is -2.23. The Morgan fingerprint density at radius 2 is 2.06 bits per heavy atom. The molecule has 0 amide bonds. The van der Waals surface area contributed by atoms with E-state index in [9.17, 15) is 23.4 Å². The van der Waals surface area contributed by atoms with Gasteiger partial charge in [-0.3, -0.25) is 10.1 Å². The molecule has 1 aromatic heterocycles. The Labute approximate surface area is 200 Å². The molecule has 1 N–H and O–H groups in total. The maximum atomic E-state index is 13.0. The molecule has 0 saturated carbocycles. The zero-order chi connectivity index (χ0) is 24.1. The van der Waals surface area contributed by atoms with Gasteiger partial charge >= 0.3 is 12.3 Å². The number of benzene rings is 1. The van der Waals surface area contributed by atoms with Crippen LogP contribution in [-0.2, 0) is 11.4 Å². The molecule has 2 aromatic rings. The summed E-state index contributed by atoms with van der Waals surface area (Å²) in [5.74, 6) is -0.321. The number of nitro groups is 1. The molecule has 13 heteroatoms. The highest BCUT2D eigenvalue weighted by molar-refractivity contribution is 9.10. The number of hydrogen-bond donors (Lipinski definition) is 1. The molecule has 0 aliphatic rings. The number of rotatable bonds is 9. The number of pyridine rings is 1. The summed E-state index contributed by atoms with van der Waals surface area (Å²) in [4.78, 5) is 14.7. The van der Waals surface area contributed by atoms with E-state index in [4.69, 9.17) is 11.6 Å². The minimum absolute atomic E-state index is 0.00413. The van der Waals surface area contributed by atoms with Gasteiger partial charge in [-0.05, 0) is 39.0 Å². The van der Waals surface area contributed by atoms with E-state index < -0.39 is 33.7 Å². The molecular weight excluding hydrogens is 534 g/mol.